The quantitative estimate of drug-likeness (QED) is 0.645. The van der Waals surface area contributed by atoms with Crippen LogP contribution in [0.25, 0.3) is 0 Å². The summed E-state index contributed by atoms with van der Waals surface area (Å²) >= 11 is 3.46. The number of hydrogen-bond acceptors (Lipinski definition) is 2. The molecular weight excluding hydrogens is 266 g/mol. The summed E-state index contributed by atoms with van der Waals surface area (Å²) in [5.41, 5.74) is 7.43. The molecule has 0 fully saturated rings. The van der Waals surface area contributed by atoms with Crippen molar-refractivity contribution in [2.45, 2.75) is 20.3 Å². The minimum Gasteiger partial charge on any atom is -0.384 e. The second-order valence-electron chi connectivity index (χ2n) is 3.65. The summed E-state index contributed by atoms with van der Waals surface area (Å²) in [5.74, 6) is 0.122. The molecule has 0 aliphatic rings. The van der Waals surface area contributed by atoms with Crippen molar-refractivity contribution in [3.05, 3.63) is 28.2 Å². The van der Waals surface area contributed by atoms with Crippen LogP contribution in [-0.4, -0.2) is 18.9 Å². The summed E-state index contributed by atoms with van der Waals surface area (Å²) in [4.78, 5) is 2.24. The number of halogens is 1. The van der Waals surface area contributed by atoms with Crippen molar-refractivity contribution in [3.8, 4) is 0 Å². The van der Waals surface area contributed by atoms with E-state index in [1.54, 1.807) is 0 Å². The molecule has 1 aromatic rings. The van der Waals surface area contributed by atoms with E-state index in [4.69, 9.17) is 11.1 Å². The Morgan fingerprint density at radius 3 is 2.62 bits per heavy atom. The highest BCUT2D eigenvalue weighted by atomic mass is 79.9. The Bertz CT molecular complexity index is 377. The Kier molecular flexibility index (Phi) is 4.80. The molecule has 3 N–H and O–H groups in total. The number of anilines is 1. The third kappa shape index (κ3) is 2.98. The van der Waals surface area contributed by atoms with E-state index in [1.807, 2.05) is 18.2 Å². The number of hydrogen-bond donors (Lipinski definition) is 2. The monoisotopic (exact) mass is 283 g/mol. The zero-order valence-electron chi connectivity index (χ0n) is 9.76. The normalized spacial score (nSPS) is 10.2. The zero-order chi connectivity index (χ0) is 12.1. The molecule has 0 bridgehead atoms. The van der Waals surface area contributed by atoms with Crippen LogP contribution in [0.5, 0.6) is 0 Å². The molecule has 0 aromatic heterocycles. The summed E-state index contributed by atoms with van der Waals surface area (Å²) in [6.07, 6.45) is 1.08. The van der Waals surface area contributed by atoms with E-state index in [-0.39, 0.29) is 5.84 Å². The largest absolute Gasteiger partial charge is 0.384 e. The number of amidine groups is 1. The Morgan fingerprint density at radius 2 is 2.12 bits per heavy atom. The maximum atomic E-state index is 7.58. The number of nitrogen functional groups attached to an aromatic ring is 1. The predicted molar refractivity (Wildman–Crippen MR) is 73.3 cm³/mol. The van der Waals surface area contributed by atoms with Crippen LogP contribution in [0.15, 0.2) is 22.7 Å². The van der Waals surface area contributed by atoms with Crippen molar-refractivity contribution in [2.75, 3.05) is 18.0 Å². The maximum absolute atomic E-state index is 7.58. The van der Waals surface area contributed by atoms with Crippen LogP contribution in [0.4, 0.5) is 5.69 Å². The first-order chi connectivity index (χ1) is 7.60. The number of rotatable bonds is 5. The Morgan fingerprint density at radius 1 is 1.44 bits per heavy atom. The summed E-state index contributed by atoms with van der Waals surface area (Å²) in [6, 6.07) is 5.83. The molecule has 0 saturated carbocycles. The van der Waals surface area contributed by atoms with Gasteiger partial charge in [-0.25, -0.2) is 0 Å². The average Bonchev–Trinajstić information content (AvgIpc) is 2.25. The molecular formula is C12H18BrN3. The molecule has 16 heavy (non-hydrogen) atoms. The Labute approximate surface area is 105 Å². The third-order valence-corrected chi connectivity index (χ3v) is 2.96. The van der Waals surface area contributed by atoms with Crippen molar-refractivity contribution < 1.29 is 0 Å². The molecule has 0 saturated heterocycles. The van der Waals surface area contributed by atoms with E-state index in [9.17, 15) is 0 Å². The average molecular weight is 284 g/mol. The lowest BCUT2D eigenvalue weighted by atomic mass is 10.1. The molecule has 0 aliphatic heterocycles. The molecule has 0 aliphatic carbocycles. The zero-order valence-corrected chi connectivity index (χ0v) is 11.3. The summed E-state index contributed by atoms with van der Waals surface area (Å²) < 4.78 is 1.02. The molecule has 0 heterocycles. The minimum atomic E-state index is 0.122. The van der Waals surface area contributed by atoms with Gasteiger partial charge >= 0.3 is 0 Å². The van der Waals surface area contributed by atoms with Gasteiger partial charge in [0.05, 0.1) is 0 Å². The molecule has 0 atom stereocenters. The highest BCUT2D eigenvalue weighted by Crippen LogP contribution is 2.25. The van der Waals surface area contributed by atoms with Gasteiger partial charge in [-0.3, -0.25) is 5.41 Å². The molecule has 0 radical (unpaired) electrons. The number of benzene rings is 1. The lowest BCUT2D eigenvalue weighted by molar-refractivity contribution is 0.790. The first-order valence-electron chi connectivity index (χ1n) is 5.49. The molecule has 0 unspecified atom stereocenters. The molecule has 3 nitrogen and oxygen atoms in total. The van der Waals surface area contributed by atoms with Crippen LogP contribution >= 0.6 is 15.9 Å². The predicted octanol–water partition coefficient (Wildman–Crippen LogP) is 2.97. The van der Waals surface area contributed by atoms with Gasteiger partial charge in [0.2, 0.25) is 0 Å². The maximum Gasteiger partial charge on any atom is 0.124 e. The van der Waals surface area contributed by atoms with Gasteiger partial charge in [0, 0.05) is 28.8 Å². The van der Waals surface area contributed by atoms with E-state index >= 15 is 0 Å². The highest BCUT2D eigenvalue weighted by Gasteiger charge is 2.11. The summed E-state index contributed by atoms with van der Waals surface area (Å²) in [6.45, 7) is 6.16. The SMILES string of the molecule is CCCN(CC)c1cc(Br)ccc1C(=N)N. The van der Waals surface area contributed by atoms with E-state index < -0.39 is 0 Å². The number of nitrogens with one attached hydrogen (secondary N) is 1. The van der Waals surface area contributed by atoms with Gasteiger partial charge in [-0.05, 0) is 31.5 Å². The van der Waals surface area contributed by atoms with Crippen molar-refractivity contribution >= 4 is 27.5 Å². The Hall–Kier alpha value is -1.03. The van der Waals surface area contributed by atoms with Crippen molar-refractivity contribution in [2.24, 2.45) is 5.73 Å². The van der Waals surface area contributed by atoms with Crippen molar-refractivity contribution in [3.63, 3.8) is 0 Å². The van der Waals surface area contributed by atoms with Crippen molar-refractivity contribution in [1.29, 1.82) is 5.41 Å². The lowest BCUT2D eigenvalue weighted by Crippen LogP contribution is -2.26. The van der Waals surface area contributed by atoms with Gasteiger partial charge in [0.15, 0.2) is 0 Å². The fraction of sp³-hybridized carbons (Fsp3) is 0.417. The highest BCUT2D eigenvalue weighted by molar-refractivity contribution is 9.10. The van der Waals surface area contributed by atoms with E-state index in [2.05, 4.69) is 34.7 Å². The minimum absolute atomic E-state index is 0.122. The molecule has 4 heteroatoms. The first-order valence-corrected chi connectivity index (χ1v) is 6.28. The summed E-state index contributed by atoms with van der Waals surface area (Å²) in [7, 11) is 0. The topological polar surface area (TPSA) is 53.1 Å². The first kappa shape index (κ1) is 13.0. The van der Waals surface area contributed by atoms with Gasteiger partial charge < -0.3 is 10.6 Å². The van der Waals surface area contributed by atoms with Gasteiger partial charge in [0.25, 0.3) is 0 Å². The fourth-order valence-corrected chi connectivity index (χ4v) is 2.06. The third-order valence-electron chi connectivity index (χ3n) is 2.47. The van der Waals surface area contributed by atoms with E-state index in [0.717, 1.165) is 35.2 Å². The molecule has 1 aromatic carbocycles. The molecule has 88 valence electrons. The lowest BCUT2D eigenvalue weighted by Gasteiger charge is -2.25. The van der Waals surface area contributed by atoms with E-state index in [0.29, 0.717) is 0 Å². The molecule has 1 rings (SSSR count). The fourth-order valence-electron chi connectivity index (χ4n) is 1.71. The van der Waals surface area contributed by atoms with Gasteiger partial charge in [0.1, 0.15) is 5.84 Å². The number of nitrogens with zero attached hydrogens (tertiary/aromatic N) is 1. The smallest absolute Gasteiger partial charge is 0.124 e. The van der Waals surface area contributed by atoms with Gasteiger partial charge in [-0.15, -0.1) is 0 Å². The van der Waals surface area contributed by atoms with E-state index in [1.165, 1.54) is 0 Å². The standard InChI is InChI=1S/C12H18BrN3/c1-3-7-16(4-2)11-8-9(13)5-6-10(11)12(14)15/h5-6,8H,3-4,7H2,1-2H3,(H3,14,15). The summed E-state index contributed by atoms with van der Waals surface area (Å²) in [5, 5.41) is 7.58. The van der Waals surface area contributed by atoms with Crippen LogP contribution < -0.4 is 10.6 Å². The van der Waals surface area contributed by atoms with Crippen LogP contribution in [0, 0.1) is 5.41 Å². The van der Waals surface area contributed by atoms with Gasteiger partial charge in [-0.1, -0.05) is 22.9 Å². The van der Waals surface area contributed by atoms with Crippen LogP contribution in [0.2, 0.25) is 0 Å². The van der Waals surface area contributed by atoms with Crippen LogP contribution in [-0.2, 0) is 0 Å². The van der Waals surface area contributed by atoms with Crippen molar-refractivity contribution in [1.82, 2.24) is 0 Å². The molecule has 0 spiro atoms. The van der Waals surface area contributed by atoms with Gasteiger partial charge in [-0.2, -0.15) is 0 Å². The second-order valence-corrected chi connectivity index (χ2v) is 4.57. The number of nitrogens with two attached hydrogens (primary N) is 1. The molecule has 0 amide bonds. The second kappa shape index (κ2) is 5.89. The van der Waals surface area contributed by atoms with Crippen LogP contribution in [0.1, 0.15) is 25.8 Å². The Balaban J connectivity index is 3.16. The van der Waals surface area contributed by atoms with Crippen LogP contribution in [0.3, 0.4) is 0 Å².